The fraction of sp³-hybridized carbons (Fsp3) is 0.421. The van der Waals surface area contributed by atoms with E-state index in [9.17, 15) is 4.79 Å². The molecule has 1 heterocycles. The number of furan rings is 1. The molecule has 1 aromatic carbocycles. The Morgan fingerprint density at radius 3 is 2.80 bits per heavy atom. The van der Waals surface area contributed by atoms with E-state index in [0.29, 0.717) is 29.7 Å². The fourth-order valence-corrected chi connectivity index (χ4v) is 2.48. The summed E-state index contributed by atoms with van der Waals surface area (Å²) in [5, 5.41) is 3.35. The van der Waals surface area contributed by atoms with Gasteiger partial charge in [-0.15, -0.1) is 0 Å². The zero-order valence-electron chi connectivity index (χ0n) is 14.8. The highest BCUT2D eigenvalue weighted by Gasteiger charge is 2.12. The van der Waals surface area contributed by atoms with Crippen LogP contribution in [-0.2, 0) is 11.3 Å². The van der Waals surface area contributed by atoms with E-state index in [1.54, 1.807) is 18.2 Å². The van der Waals surface area contributed by atoms with E-state index in [2.05, 4.69) is 5.32 Å². The van der Waals surface area contributed by atoms with Crippen molar-refractivity contribution < 1.29 is 18.7 Å². The second-order valence-corrected chi connectivity index (χ2v) is 6.38. The standard InChI is InChI=1S/C19H24ClNO4/c1-13(2)23-11-5-10-21-19(22)17-9-8-15(25-17)12-24-18-14(3)6-4-7-16(18)20/h4,6-9,13H,5,10-12H2,1-3H3,(H,21,22). The van der Waals surface area contributed by atoms with Crippen molar-refractivity contribution in [1.82, 2.24) is 5.32 Å². The lowest BCUT2D eigenvalue weighted by molar-refractivity contribution is 0.0753. The van der Waals surface area contributed by atoms with Crippen molar-refractivity contribution in [2.24, 2.45) is 0 Å². The molecule has 0 unspecified atom stereocenters. The number of rotatable bonds is 9. The summed E-state index contributed by atoms with van der Waals surface area (Å²) in [5.74, 6) is 1.20. The lowest BCUT2D eigenvalue weighted by Gasteiger charge is -2.09. The molecule has 0 atom stereocenters. The highest BCUT2D eigenvalue weighted by atomic mass is 35.5. The molecule has 0 spiro atoms. The minimum absolute atomic E-state index is 0.199. The third-order valence-corrected chi connectivity index (χ3v) is 3.76. The van der Waals surface area contributed by atoms with Gasteiger partial charge in [-0.1, -0.05) is 23.7 Å². The van der Waals surface area contributed by atoms with Crippen LogP contribution in [0.1, 0.15) is 42.1 Å². The second kappa shape index (κ2) is 9.49. The van der Waals surface area contributed by atoms with Crippen molar-refractivity contribution in [3.8, 4) is 5.75 Å². The molecule has 136 valence electrons. The SMILES string of the molecule is Cc1cccc(Cl)c1OCc1ccc(C(=O)NCCCOC(C)C)o1. The van der Waals surface area contributed by atoms with Crippen LogP contribution in [0.25, 0.3) is 0 Å². The quantitative estimate of drug-likeness (QED) is 0.670. The Kier molecular flexibility index (Phi) is 7.34. The van der Waals surface area contributed by atoms with E-state index in [4.69, 9.17) is 25.5 Å². The lowest BCUT2D eigenvalue weighted by atomic mass is 10.2. The van der Waals surface area contributed by atoms with Crippen molar-refractivity contribution in [3.05, 3.63) is 52.4 Å². The summed E-state index contributed by atoms with van der Waals surface area (Å²) >= 11 is 6.12. The number of carbonyl (C=O) groups is 1. The largest absolute Gasteiger partial charge is 0.484 e. The summed E-state index contributed by atoms with van der Waals surface area (Å²) in [6.07, 6.45) is 0.955. The normalized spacial score (nSPS) is 10.9. The Morgan fingerprint density at radius 2 is 2.08 bits per heavy atom. The van der Waals surface area contributed by atoms with Crippen molar-refractivity contribution in [1.29, 1.82) is 0 Å². The van der Waals surface area contributed by atoms with Gasteiger partial charge in [0.15, 0.2) is 5.76 Å². The van der Waals surface area contributed by atoms with Gasteiger partial charge >= 0.3 is 0 Å². The molecule has 25 heavy (non-hydrogen) atoms. The molecule has 0 aliphatic carbocycles. The number of aryl methyl sites for hydroxylation is 1. The average Bonchev–Trinajstić information content (AvgIpc) is 3.02. The molecule has 0 saturated heterocycles. The molecule has 6 heteroatoms. The van der Waals surface area contributed by atoms with Crippen LogP contribution in [0.2, 0.25) is 5.02 Å². The van der Waals surface area contributed by atoms with Gasteiger partial charge in [0.05, 0.1) is 11.1 Å². The van der Waals surface area contributed by atoms with E-state index in [-0.39, 0.29) is 24.4 Å². The molecule has 1 aromatic heterocycles. The van der Waals surface area contributed by atoms with Gasteiger partial charge in [0.2, 0.25) is 0 Å². The zero-order chi connectivity index (χ0) is 18.2. The van der Waals surface area contributed by atoms with Gasteiger partial charge < -0.3 is 19.2 Å². The van der Waals surface area contributed by atoms with Gasteiger partial charge in [0.1, 0.15) is 18.1 Å². The molecule has 1 N–H and O–H groups in total. The van der Waals surface area contributed by atoms with E-state index in [0.717, 1.165) is 12.0 Å². The number of carbonyl (C=O) groups excluding carboxylic acids is 1. The van der Waals surface area contributed by atoms with Gasteiger partial charge in [0, 0.05) is 13.2 Å². The Labute approximate surface area is 153 Å². The number of hydrogen-bond donors (Lipinski definition) is 1. The van der Waals surface area contributed by atoms with Crippen LogP contribution >= 0.6 is 11.6 Å². The number of nitrogens with one attached hydrogen (secondary N) is 1. The van der Waals surface area contributed by atoms with Crippen LogP contribution < -0.4 is 10.1 Å². The summed E-state index contributed by atoms with van der Waals surface area (Å²) in [5.41, 5.74) is 0.945. The lowest BCUT2D eigenvalue weighted by Crippen LogP contribution is -2.25. The first kappa shape index (κ1) is 19.3. The van der Waals surface area contributed by atoms with Crippen LogP contribution in [0.3, 0.4) is 0 Å². The molecule has 5 nitrogen and oxygen atoms in total. The number of ether oxygens (including phenoxy) is 2. The molecular weight excluding hydrogens is 342 g/mol. The molecule has 0 saturated carbocycles. The van der Waals surface area contributed by atoms with Gasteiger partial charge in [-0.2, -0.15) is 0 Å². The molecule has 0 bridgehead atoms. The Morgan fingerprint density at radius 1 is 1.28 bits per heavy atom. The van der Waals surface area contributed by atoms with Crippen LogP contribution in [0.4, 0.5) is 0 Å². The van der Waals surface area contributed by atoms with Crippen molar-refractivity contribution in [3.63, 3.8) is 0 Å². The number of para-hydroxylation sites is 1. The maximum atomic E-state index is 12.0. The molecule has 0 aliphatic rings. The van der Waals surface area contributed by atoms with E-state index >= 15 is 0 Å². The first-order valence-corrected chi connectivity index (χ1v) is 8.71. The first-order chi connectivity index (χ1) is 12.0. The minimum atomic E-state index is -0.246. The average molecular weight is 366 g/mol. The number of benzene rings is 1. The molecule has 0 aliphatic heterocycles. The summed E-state index contributed by atoms with van der Waals surface area (Å²) in [4.78, 5) is 12.0. The number of hydrogen-bond acceptors (Lipinski definition) is 4. The van der Waals surface area contributed by atoms with Crippen LogP contribution in [0.15, 0.2) is 34.7 Å². The van der Waals surface area contributed by atoms with Gasteiger partial charge in [-0.3, -0.25) is 4.79 Å². The highest BCUT2D eigenvalue weighted by molar-refractivity contribution is 6.32. The van der Waals surface area contributed by atoms with E-state index < -0.39 is 0 Å². The molecule has 2 aromatic rings. The molecule has 1 amide bonds. The Bertz CT molecular complexity index is 676. The summed E-state index contributed by atoms with van der Waals surface area (Å²) in [7, 11) is 0. The fourth-order valence-electron chi connectivity index (χ4n) is 2.20. The van der Waals surface area contributed by atoms with Crippen LogP contribution in [-0.4, -0.2) is 25.2 Å². The van der Waals surface area contributed by atoms with Gasteiger partial charge in [0.25, 0.3) is 5.91 Å². The smallest absolute Gasteiger partial charge is 0.286 e. The van der Waals surface area contributed by atoms with Gasteiger partial charge in [-0.05, 0) is 51.0 Å². The van der Waals surface area contributed by atoms with E-state index in [1.165, 1.54) is 0 Å². The Hall–Kier alpha value is -1.98. The van der Waals surface area contributed by atoms with Crippen LogP contribution in [0, 0.1) is 6.92 Å². The second-order valence-electron chi connectivity index (χ2n) is 5.97. The summed E-state index contributed by atoms with van der Waals surface area (Å²) < 4.78 is 16.7. The van der Waals surface area contributed by atoms with Crippen molar-refractivity contribution in [2.45, 2.75) is 39.9 Å². The maximum absolute atomic E-state index is 12.0. The maximum Gasteiger partial charge on any atom is 0.286 e. The number of halogens is 1. The minimum Gasteiger partial charge on any atom is -0.484 e. The predicted octanol–water partition coefficient (Wildman–Crippen LogP) is 4.37. The van der Waals surface area contributed by atoms with Crippen molar-refractivity contribution >= 4 is 17.5 Å². The first-order valence-electron chi connectivity index (χ1n) is 8.34. The molecular formula is C19H24ClNO4. The van der Waals surface area contributed by atoms with Crippen molar-refractivity contribution in [2.75, 3.05) is 13.2 Å². The van der Waals surface area contributed by atoms with E-state index in [1.807, 2.05) is 32.9 Å². The zero-order valence-corrected chi connectivity index (χ0v) is 15.6. The van der Waals surface area contributed by atoms with Gasteiger partial charge in [-0.25, -0.2) is 0 Å². The predicted molar refractivity (Wildman–Crippen MR) is 97.3 cm³/mol. The summed E-state index contributed by atoms with van der Waals surface area (Å²) in [6.45, 7) is 7.25. The summed E-state index contributed by atoms with van der Waals surface area (Å²) in [6, 6.07) is 8.92. The monoisotopic (exact) mass is 365 g/mol. The topological polar surface area (TPSA) is 60.7 Å². The molecule has 2 rings (SSSR count). The molecule has 0 radical (unpaired) electrons. The highest BCUT2D eigenvalue weighted by Crippen LogP contribution is 2.28. The Balaban J connectivity index is 1.80. The third kappa shape index (κ3) is 6.11. The molecule has 0 fully saturated rings. The third-order valence-electron chi connectivity index (χ3n) is 3.47. The number of amides is 1. The van der Waals surface area contributed by atoms with Crippen LogP contribution in [0.5, 0.6) is 5.75 Å².